The topological polar surface area (TPSA) is 90.9 Å². The van der Waals surface area contributed by atoms with Crippen LogP contribution in [0.2, 0.25) is 0 Å². The summed E-state index contributed by atoms with van der Waals surface area (Å²) < 4.78 is 14.7. The van der Waals surface area contributed by atoms with Crippen molar-refractivity contribution in [1.82, 2.24) is 0 Å². The molecule has 8 heteroatoms. The molecule has 0 unspecified atom stereocenters. The molecular formula is C15H16INO6. The zero-order valence-corrected chi connectivity index (χ0v) is 15.2. The lowest BCUT2D eigenvalue weighted by Gasteiger charge is -2.14. The van der Waals surface area contributed by atoms with Crippen LogP contribution in [0.1, 0.15) is 15.9 Å². The van der Waals surface area contributed by atoms with E-state index in [-0.39, 0.29) is 11.3 Å². The number of carbonyl (C=O) groups is 3. The van der Waals surface area contributed by atoms with E-state index in [0.717, 1.165) is 15.2 Å². The van der Waals surface area contributed by atoms with Crippen LogP contribution in [0.15, 0.2) is 23.9 Å². The van der Waals surface area contributed by atoms with Crippen LogP contribution in [0.3, 0.4) is 0 Å². The number of halogens is 1. The van der Waals surface area contributed by atoms with Gasteiger partial charge >= 0.3 is 17.9 Å². The summed E-state index contributed by atoms with van der Waals surface area (Å²) in [4.78, 5) is 35.1. The molecule has 0 spiro atoms. The molecule has 0 aliphatic heterocycles. The van der Waals surface area contributed by atoms with Gasteiger partial charge in [-0.3, -0.25) is 0 Å². The quantitative estimate of drug-likeness (QED) is 0.329. The second kappa shape index (κ2) is 8.51. The summed E-state index contributed by atoms with van der Waals surface area (Å²) in [6.07, 6.45) is 0.945. The fourth-order valence-electron chi connectivity index (χ4n) is 1.64. The number of anilines is 1. The van der Waals surface area contributed by atoms with Gasteiger partial charge in [0.15, 0.2) is 0 Å². The number of hydrogen-bond acceptors (Lipinski definition) is 7. The fourth-order valence-corrected chi connectivity index (χ4v) is 2.11. The van der Waals surface area contributed by atoms with Crippen molar-refractivity contribution in [3.63, 3.8) is 0 Å². The third kappa shape index (κ3) is 4.95. The van der Waals surface area contributed by atoms with Crippen molar-refractivity contribution in [1.29, 1.82) is 0 Å². The van der Waals surface area contributed by atoms with Crippen LogP contribution < -0.4 is 5.32 Å². The Balaban J connectivity index is 3.35. The van der Waals surface area contributed by atoms with Gasteiger partial charge < -0.3 is 19.5 Å². The summed E-state index contributed by atoms with van der Waals surface area (Å²) in [5, 5.41) is 2.73. The van der Waals surface area contributed by atoms with E-state index in [1.54, 1.807) is 12.1 Å². The van der Waals surface area contributed by atoms with Crippen molar-refractivity contribution >= 4 is 46.2 Å². The maximum atomic E-state index is 11.9. The maximum absolute atomic E-state index is 11.9. The molecule has 0 aliphatic rings. The number of methoxy groups -OCH3 is 3. The van der Waals surface area contributed by atoms with Gasteiger partial charge in [0.05, 0.1) is 38.7 Å². The summed E-state index contributed by atoms with van der Waals surface area (Å²) >= 11 is 2.08. The van der Waals surface area contributed by atoms with Gasteiger partial charge in [0.2, 0.25) is 0 Å². The Bertz CT molecular complexity index is 668. The molecule has 0 amide bonds. The second-order valence-electron chi connectivity index (χ2n) is 4.34. The van der Waals surface area contributed by atoms with Crippen molar-refractivity contribution in [2.45, 2.75) is 6.92 Å². The van der Waals surface area contributed by atoms with Gasteiger partial charge in [0.25, 0.3) is 0 Å². The van der Waals surface area contributed by atoms with E-state index in [4.69, 9.17) is 4.74 Å². The molecule has 0 aromatic heterocycles. The van der Waals surface area contributed by atoms with Gasteiger partial charge in [0.1, 0.15) is 5.70 Å². The molecule has 0 saturated carbocycles. The van der Waals surface area contributed by atoms with Crippen LogP contribution in [0.4, 0.5) is 5.69 Å². The van der Waals surface area contributed by atoms with Crippen molar-refractivity contribution < 1.29 is 28.6 Å². The zero-order valence-electron chi connectivity index (χ0n) is 13.1. The fraction of sp³-hybridized carbons (Fsp3) is 0.267. The summed E-state index contributed by atoms with van der Waals surface area (Å²) in [5.41, 5.74) is 1.26. The Morgan fingerprint density at radius 1 is 1.09 bits per heavy atom. The molecule has 23 heavy (non-hydrogen) atoms. The molecule has 124 valence electrons. The lowest BCUT2D eigenvalue weighted by atomic mass is 10.1. The summed E-state index contributed by atoms with van der Waals surface area (Å²) in [5.74, 6) is -2.09. The lowest BCUT2D eigenvalue weighted by Crippen LogP contribution is -2.17. The molecule has 0 atom stereocenters. The first-order chi connectivity index (χ1) is 10.8. The number of hydrogen-bond donors (Lipinski definition) is 1. The normalized spacial score (nSPS) is 10.7. The maximum Gasteiger partial charge on any atom is 0.354 e. The number of carbonyl (C=O) groups excluding carboxylic acids is 3. The molecule has 0 radical (unpaired) electrons. The molecule has 0 bridgehead atoms. The van der Waals surface area contributed by atoms with Gasteiger partial charge in [-0.2, -0.15) is 0 Å². The highest BCUT2D eigenvalue weighted by molar-refractivity contribution is 14.1. The Labute approximate surface area is 147 Å². The first kappa shape index (κ1) is 18.9. The van der Waals surface area contributed by atoms with E-state index in [1.807, 2.05) is 6.92 Å². The monoisotopic (exact) mass is 433 g/mol. The van der Waals surface area contributed by atoms with Gasteiger partial charge in [-0.15, -0.1) is 0 Å². The number of benzene rings is 1. The van der Waals surface area contributed by atoms with E-state index in [2.05, 4.69) is 37.4 Å². The first-order valence-electron chi connectivity index (χ1n) is 6.37. The average Bonchev–Trinajstić information content (AvgIpc) is 2.55. The number of aryl methyl sites for hydroxylation is 1. The van der Waals surface area contributed by atoms with Crippen molar-refractivity contribution in [2.24, 2.45) is 0 Å². The van der Waals surface area contributed by atoms with Gasteiger partial charge in [-0.05, 0) is 47.2 Å². The molecule has 1 N–H and O–H groups in total. The molecule has 7 nitrogen and oxygen atoms in total. The van der Waals surface area contributed by atoms with E-state index < -0.39 is 17.9 Å². The highest BCUT2D eigenvalue weighted by Gasteiger charge is 2.19. The molecule has 0 heterocycles. The SMILES string of the molecule is COC(=O)/C=C(/Nc1cc(C)c(I)cc1C(=O)OC)C(=O)OC. The van der Waals surface area contributed by atoms with E-state index >= 15 is 0 Å². The van der Waals surface area contributed by atoms with Crippen LogP contribution in [0.5, 0.6) is 0 Å². The lowest BCUT2D eigenvalue weighted by molar-refractivity contribution is -0.138. The number of rotatable bonds is 5. The largest absolute Gasteiger partial charge is 0.466 e. The van der Waals surface area contributed by atoms with E-state index in [9.17, 15) is 14.4 Å². The molecule has 1 rings (SSSR count). The Morgan fingerprint density at radius 3 is 2.26 bits per heavy atom. The molecule has 0 saturated heterocycles. The predicted octanol–water partition coefficient (Wildman–Crippen LogP) is 2.03. The minimum Gasteiger partial charge on any atom is -0.466 e. The van der Waals surface area contributed by atoms with Gasteiger partial charge in [0, 0.05) is 3.57 Å². The number of ether oxygens (including phenoxy) is 3. The van der Waals surface area contributed by atoms with E-state index in [1.165, 1.54) is 21.3 Å². The minimum absolute atomic E-state index is 0.162. The Morgan fingerprint density at radius 2 is 1.74 bits per heavy atom. The highest BCUT2D eigenvalue weighted by atomic mass is 127. The molecule has 0 aliphatic carbocycles. The van der Waals surface area contributed by atoms with Crippen LogP contribution >= 0.6 is 22.6 Å². The smallest absolute Gasteiger partial charge is 0.354 e. The van der Waals surface area contributed by atoms with E-state index in [0.29, 0.717) is 5.69 Å². The van der Waals surface area contributed by atoms with Crippen LogP contribution in [0, 0.1) is 10.5 Å². The van der Waals surface area contributed by atoms with Crippen molar-refractivity contribution in [3.05, 3.63) is 38.6 Å². The average molecular weight is 433 g/mol. The molecular weight excluding hydrogens is 417 g/mol. The zero-order chi connectivity index (χ0) is 17.6. The predicted molar refractivity (Wildman–Crippen MR) is 91.0 cm³/mol. The second-order valence-corrected chi connectivity index (χ2v) is 5.50. The summed E-state index contributed by atoms with van der Waals surface area (Å²) in [7, 11) is 3.61. The van der Waals surface area contributed by atoms with Gasteiger partial charge in [-0.25, -0.2) is 14.4 Å². The minimum atomic E-state index is -0.776. The first-order valence-corrected chi connectivity index (χ1v) is 7.45. The Kier molecular flexibility index (Phi) is 7.01. The van der Waals surface area contributed by atoms with Crippen molar-refractivity contribution in [2.75, 3.05) is 26.6 Å². The van der Waals surface area contributed by atoms with Crippen molar-refractivity contribution in [3.8, 4) is 0 Å². The van der Waals surface area contributed by atoms with Gasteiger partial charge in [-0.1, -0.05) is 0 Å². The summed E-state index contributed by atoms with van der Waals surface area (Å²) in [6.45, 7) is 1.84. The van der Waals surface area contributed by atoms with Crippen LogP contribution in [0.25, 0.3) is 0 Å². The number of nitrogens with one attached hydrogen (secondary N) is 1. The van der Waals surface area contributed by atoms with Crippen LogP contribution in [-0.4, -0.2) is 39.2 Å². The molecule has 0 fully saturated rings. The summed E-state index contributed by atoms with van der Waals surface area (Å²) in [6, 6.07) is 3.29. The molecule has 1 aromatic carbocycles. The molecule has 1 aromatic rings. The number of esters is 3. The Hall–Kier alpha value is -2.10. The third-order valence-corrected chi connectivity index (χ3v) is 4.00. The highest BCUT2D eigenvalue weighted by Crippen LogP contribution is 2.25. The van der Waals surface area contributed by atoms with Crippen LogP contribution in [-0.2, 0) is 23.8 Å². The third-order valence-electron chi connectivity index (χ3n) is 2.84. The standard InChI is InChI=1S/C15H16INO6/c1-8-5-11(9(6-10(8)16)14(19)22-3)17-12(15(20)23-4)7-13(18)21-2/h5-7,17H,1-4H3/b12-7+.